The third kappa shape index (κ3) is 4.34. The Bertz CT molecular complexity index is 1230. The molecule has 0 aliphatic carbocycles. The van der Waals surface area contributed by atoms with Crippen LogP contribution in [0, 0.1) is 5.82 Å². The lowest BCUT2D eigenvalue weighted by Crippen LogP contribution is -2.31. The van der Waals surface area contributed by atoms with Crippen molar-refractivity contribution in [3.8, 4) is 5.75 Å². The number of hydrogen-bond donors (Lipinski definition) is 1. The molecule has 2 aromatic carbocycles. The van der Waals surface area contributed by atoms with Crippen molar-refractivity contribution in [1.82, 2.24) is 24.6 Å². The molecule has 0 radical (unpaired) electrons. The average Bonchev–Trinajstić information content (AvgIpc) is 3.54. The highest BCUT2D eigenvalue weighted by molar-refractivity contribution is 5.80. The van der Waals surface area contributed by atoms with E-state index in [2.05, 4.69) is 15.2 Å². The number of imidazole rings is 1. The van der Waals surface area contributed by atoms with E-state index in [0.717, 1.165) is 35.4 Å². The van der Waals surface area contributed by atoms with Crippen LogP contribution in [-0.4, -0.2) is 50.3 Å². The van der Waals surface area contributed by atoms with E-state index >= 15 is 0 Å². The molecule has 164 valence electrons. The highest BCUT2D eigenvalue weighted by atomic mass is 19.1. The number of carbonyl (C=O) groups is 1. The Morgan fingerprint density at radius 2 is 2.09 bits per heavy atom. The summed E-state index contributed by atoms with van der Waals surface area (Å²) in [5, 5.41) is 7.52. The Labute approximate surface area is 184 Å². The van der Waals surface area contributed by atoms with Crippen LogP contribution in [0.3, 0.4) is 0 Å². The van der Waals surface area contributed by atoms with Crippen molar-refractivity contribution in [2.24, 2.45) is 0 Å². The molecule has 1 N–H and O–H groups in total. The molecule has 1 aliphatic heterocycles. The van der Waals surface area contributed by atoms with Gasteiger partial charge in [0.15, 0.2) is 0 Å². The number of carbonyl (C=O) groups excluding carboxylic acids is 1. The largest absolute Gasteiger partial charge is 0.493 e. The van der Waals surface area contributed by atoms with Crippen LogP contribution < -0.4 is 4.74 Å². The molecule has 0 bridgehead atoms. The number of fused-ring (bicyclic) bond motifs is 1. The number of rotatable bonds is 7. The molecule has 0 spiro atoms. The lowest BCUT2D eigenvalue weighted by Gasteiger charge is -2.16. The number of amides is 1. The van der Waals surface area contributed by atoms with Gasteiger partial charge in [-0.05, 0) is 36.8 Å². The Morgan fingerprint density at radius 1 is 1.19 bits per heavy atom. The first-order valence-corrected chi connectivity index (χ1v) is 10.8. The minimum absolute atomic E-state index is 0.0925. The normalized spacial score (nSPS) is 16.0. The molecule has 0 unspecified atom stereocenters. The van der Waals surface area contributed by atoms with Crippen LogP contribution in [0.4, 0.5) is 4.39 Å². The Morgan fingerprint density at radius 3 is 3.00 bits per heavy atom. The second-order valence-electron chi connectivity index (χ2n) is 8.06. The van der Waals surface area contributed by atoms with E-state index in [0.29, 0.717) is 25.3 Å². The van der Waals surface area contributed by atoms with Crippen molar-refractivity contribution in [3.63, 3.8) is 0 Å². The van der Waals surface area contributed by atoms with Crippen molar-refractivity contribution < 1.29 is 13.9 Å². The molecule has 32 heavy (non-hydrogen) atoms. The summed E-state index contributed by atoms with van der Waals surface area (Å²) < 4.78 is 20.7. The maximum Gasteiger partial charge on any atom is 0.242 e. The van der Waals surface area contributed by atoms with Crippen molar-refractivity contribution in [3.05, 3.63) is 78.1 Å². The fourth-order valence-electron chi connectivity index (χ4n) is 4.16. The van der Waals surface area contributed by atoms with E-state index < -0.39 is 0 Å². The number of nitrogens with zero attached hydrogens (tertiary/aromatic N) is 4. The first kappa shape index (κ1) is 20.2. The number of aromatic nitrogens is 4. The van der Waals surface area contributed by atoms with Gasteiger partial charge in [-0.1, -0.05) is 18.2 Å². The number of hydrogen-bond acceptors (Lipinski definition) is 4. The third-order valence-corrected chi connectivity index (χ3v) is 5.88. The lowest BCUT2D eigenvalue weighted by molar-refractivity contribution is -0.130. The Balaban J connectivity index is 1.14. The summed E-state index contributed by atoms with van der Waals surface area (Å²) in [6.45, 7) is 2.10. The van der Waals surface area contributed by atoms with E-state index in [4.69, 9.17) is 4.74 Å². The van der Waals surface area contributed by atoms with Gasteiger partial charge in [0, 0.05) is 37.2 Å². The summed E-state index contributed by atoms with van der Waals surface area (Å²) in [6.07, 6.45) is 3.26. The lowest BCUT2D eigenvalue weighted by atomic mass is 10.0. The highest BCUT2D eigenvalue weighted by Crippen LogP contribution is 2.27. The van der Waals surface area contributed by atoms with Crippen LogP contribution in [0.1, 0.15) is 23.7 Å². The summed E-state index contributed by atoms with van der Waals surface area (Å²) >= 11 is 0. The molecule has 3 heterocycles. The van der Waals surface area contributed by atoms with Gasteiger partial charge in [0.25, 0.3) is 0 Å². The fourth-order valence-corrected chi connectivity index (χ4v) is 4.16. The molecular weight excluding hydrogens is 409 g/mol. The average molecular weight is 433 g/mol. The minimum Gasteiger partial charge on any atom is -0.493 e. The number of H-pyrrole nitrogens is 1. The summed E-state index contributed by atoms with van der Waals surface area (Å²) in [6, 6.07) is 16.0. The van der Waals surface area contributed by atoms with Crippen LogP contribution >= 0.6 is 0 Å². The number of para-hydroxylation sites is 2. The Hall–Kier alpha value is -3.68. The number of aromatic amines is 1. The predicted molar refractivity (Wildman–Crippen MR) is 118 cm³/mol. The quantitative estimate of drug-likeness (QED) is 0.484. The van der Waals surface area contributed by atoms with Gasteiger partial charge in [0.1, 0.15) is 18.1 Å². The van der Waals surface area contributed by atoms with Gasteiger partial charge in [0.2, 0.25) is 5.91 Å². The number of likely N-dealkylation sites (tertiary alicyclic amines) is 1. The monoisotopic (exact) mass is 433 g/mol. The predicted octanol–water partition coefficient (Wildman–Crippen LogP) is 3.54. The molecule has 0 saturated carbocycles. The van der Waals surface area contributed by atoms with Gasteiger partial charge in [-0.25, -0.2) is 9.37 Å². The second kappa shape index (κ2) is 8.82. The van der Waals surface area contributed by atoms with E-state index in [-0.39, 0.29) is 24.2 Å². The number of benzene rings is 2. The molecule has 7 nitrogen and oxygen atoms in total. The van der Waals surface area contributed by atoms with Gasteiger partial charge in [-0.2, -0.15) is 5.10 Å². The molecule has 2 aromatic heterocycles. The highest BCUT2D eigenvalue weighted by Gasteiger charge is 2.29. The van der Waals surface area contributed by atoms with E-state index in [1.165, 1.54) is 12.1 Å². The molecule has 1 saturated heterocycles. The molecule has 1 aliphatic rings. The van der Waals surface area contributed by atoms with Gasteiger partial charge < -0.3 is 14.2 Å². The first-order valence-electron chi connectivity index (χ1n) is 10.8. The van der Waals surface area contributed by atoms with Crippen LogP contribution in [0.15, 0.2) is 60.9 Å². The first-order chi connectivity index (χ1) is 15.7. The summed E-state index contributed by atoms with van der Waals surface area (Å²) in [4.78, 5) is 19.1. The van der Waals surface area contributed by atoms with E-state index in [9.17, 15) is 9.18 Å². The topological polar surface area (TPSA) is 76.0 Å². The van der Waals surface area contributed by atoms with Gasteiger partial charge in [0.05, 0.1) is 29.7 Å². The second-order valence-corrected chi connectivity index (χ2v) is 8.06. The van der Waals surface area contributed by atoms with Gasteiger partial charge in [-0.15, -0.1) is 0 Å². The maximum absolute atomic E-state index is 13.2. The van der Waals surface area contributed by atoms with Crippen LogP contribution in [0.25, 0.3) is 11.0 Å². The molecule has 1 fully saturated rings. The summed E-state index contributed by atoms with van der Waals surface area (Å²) in [5.74, 6) is 0.510. The van der Waals surface area contributed by atoms with Crippen LogP contribution in [0.2, 0.25) is 0 Å². The van der Waals surface area contributed by atoms with Gasteiger partial charge in [-0.3, -0.25) is 9.89 Å². The van der Waals surface area contributed by atoms with E-state index in [1.54, 1.807) is 18.5 Å². The standard InChI is InChI=1S/C24H24FN5O2/c25-18-4-3-5-20(12-18)32-11-9-19-13-22(28-27-19)17-8-10-29(14-17)24(31)15-30-16-26-21-6-1-2-7-23(21)30/h1-7,12-13,16-17H,8-11,14-15H2,(H,27,28)/t17-/m0/s1. The van der Waals surface area contributed by atoms with Crippen molar-refractivity contribution in [2.45, 2.75) is 25.3 Å². The van der Waals surface area contributed by atoms with E-state index in [1.807, 2.05) is 39.8 Å². The maximum atomic E-state index is 13.2. The zero-order valence-electron chi connectivity index (χ0n) is 17.6. The fraction of sp³-hybridized carbons (Fsp3) is 0.292. The van der Waals surface area contributed by atoms with Crippen LogP contribution in [0.5, 0.6) is 5.75 Å². The smallest absolute Gasteiger partial charge is 0.242 e. The number of ether oxygens (including phenoxy) is 1. The number of nitrogens with one attached hydrogen (secondary N) is 1. The Kier molecular flexibility index (Phi) is 5.58. The van der Waals surface area contributed by atoms with Crippen molar-refractivity contribution in [2.75, 3.05) is 19.7 Å². The molecule has 4 aromatic rings. The summed E-state index contributed by atoms with van der Waals surface area (Å²) in [7, 11) is 0. The van der Waals surface area contributed by atoms with Crippen molar-refractivity contribution in [1.29, 1.82) is 0 Å². The molecule has 5 rings (SSSR count). The van der Waals surface area contributed by atoms with Crippen LogP contribution in [-0.2, 0) is 17.8 Å². The zero-order chi connectivity index (χ0) is 21.9. The SMILES string of the molecule is O=C(Cn1cnc2ccccc21)N1CC[C@H](c2cc(CCOc3cccc(F)c3)[nH]n2)C1. The molecular formula is C24H24FN5O2. The zero-order valence-corrected chi connectivity index (χ0v) is 17.6. The van der Waals surface area contributed by atoms with Crippen molar-refractivity contribution >= 4 is 16.9 Å². The third-order valence-electron chi connectivity index (χ3n) is 5.88. The summed E-state index contributed by atoms with van der Waals surface area (Å²) in [5.41, 5.74) is 3.79. The molecule has 8 heteroatoms. The van der Waals surface area contributed by atoms with Gasteiger partial charge >= 0.3 is 0 Å². The minimum atomic E-state index is -0.312. The number of halogens is 1. The molecule has 1 amide bonds. The molecule has 1 atom stereocenters.